The van der Waals surface area contributed by atoms with Gasteiger partial charge in [-0.1, -0.05) is 0 Å². The SMILES string of the molecule is CC(=O)OC[C@H]1O[C@H](n2cnc3c(N)ncnc32)C=C[C@@H]1OC(C)=O. The first-order chi connectivity index (χ1) is 12.0. The molecular weight excluding hydrogens is 330 g/mol. The molecule has 2 aromatic rings. The van der Waals surface area contributed by atoms with Crippen LogP contribution in [0, 0.1) is 0 Å². The van der Waals surface area contributed by atoms with E-state index < -0.39 is 30.4 Å². The number of hydrogen-bond donors (Lipinski definition) is 1. The van der Waals surface area contributed by atoms with Crippen LogP contribution in [0.3, 0.4) is 0 Å². The number of carbonyl (C=O) groups is 2. The number of hydrogen-bond acceptors (Lipinski definition) is 9. The standard InChI is InChI=1S/C15H17N5O5/c1-8(21)23-5-11-10(24-9(2)22)3-4-12(25-11)20-7-19-13-14(16)17-6-18-15(13)20/h3-4,6-7,10-12H,5H2,1-2H3,(H2,16,17,18)/t10-,11+,12-/m0/s1. The first kappa shape index (κ1) is 16.8. The van der Waals surface area contributed by atoms with Gasteiger partial charge in [0.1, 0.15) is 30.7 Å². The second-order valence-electron chi connectivity index (χ2n) is 5.41. The Morgan fingerprint density at radius 3 is 2.76 bits per heavy atom. The number of nitrogen functional groups attached to an aromatic ring is 1. The summed E-state index contributed by atoms with van der Waals surface area (Å²) in [4.78, 5) is 34.6. The second kappa shape index (κ2) is 6.85. The minimum atomic E-state index is -0.667. The molecule has 0 spiro atoms. The Hall–Kier alpha value is -3.01. The van der Waals surface area contributed by atoms with Gasteiger partial charge in [0.25, 0.3) is 0 Å². The van der Waals surface area contributed by atoms with E-state index in [4.69, 9.17) is 19.9 Å². The maximum Gasteiger partial charge on any atom is 0.303 e. The molecule has 0 unspecified atom stereocenters. The van der Waals surface area contributed by atoms with Crippen LogP contribution >= 0.6 is 0 Å². The summed E-state index contributed by atoms with van der Waals surface area (Å²) in [5.74, 6) is -0.652. The predicted octanol–water partition coefficient (Wildman–Crippen LogP) is 0.357. The van der Waals surface area contributed by atoms with Crippen molar-refractivity contribution in [1.82, 2.24) is 19.5 Å². The zero-order valence-corrected chi connectivity index (χ0v) is 13.7. The van der Waals surface area contributed by atoms with Gasteiger partial charge in [-0.2, -0.15) is 0 Å². The molecule has 25 heavy (non-hydrogen) atoms. The molecule has 2 N–H and O–H groups in total. The van der Waals surface area contributed by atoms with Crippen LogP contribution < -0.4 is 5.73 Å². The Morgan fingerprint density at radius 1 is 1.24 bits per heavy atom. The Balaban J connectivity index is 1.88. The van der Waals surface area contributed by atoms with Crippen molar-refractivity contribution in [2.45, 2.75) is 32.3 Å². The van der Waals surface area contributed by atoms with Crippen LogP contribution in [0.5, 0.6) is 0 Å². The van der Waals surface area contributed by atoms with Crippen LogP contribution in [0.1, 0.15) is 20.1 Å². The lowest BCUT2D eigenvalue weighted by Gasteiger charge is -2.31. The minimum absolute atomic E-state index is 0.0577. The third-order valence-electron chi connectivity index (χ3n) is 3.56. The summed E-state index contributed by atoms with van der Waals surface area (Å²) >= 11 is 0. The lowest BCUT2D eigenvalue weighted by atomic mass is 10.1. The van der Waals surface area contributed by atoms with Gasteiger partial charge >= 0.3 is 11.9 Å². The van der Waals surface area contributed by atoms with Gasteiger partial charge in [-0.25, -0.2) is 15.0 Å². The van der Waals surface area contributed by atoms with E-state index in [-0.39, 0.29) is 12.4 Å². The van der Waals surface area contributed by atoms with Crippen molar-refractivity contribution in [3.8, 4) is 0 Å². The molecule has 3 heterocycles. The maximum atomic E-state index is 11.3. The summed E-state index contributed by atoms with van der Waals surface area (Å²) in [5, 5.41) is 0. The van der Waals surface area contributed by atoms with Gasteiger partial charge in [-0.05, 0) is 12.2 Å². The first-order valence-corrected chi connectivity index (χ1v) is 7.53. The lowest BCUT2D eigenvalue weighted by molar-refractivity contribution is -0.167. The fourth-order valence-electron chi connectivity index (χ4n) is 2.49. The number of ether oxygens (including phenoxy) is 3. The fraction of sp³-hybridized carbons (Fsp3) is 0.400. The van der Waals surface area contributed by atoms with E-state index >= 15 is 0 Å². The largest absolute Gasteiger partial charge is 0.463 e. The summed E-state index contributed by atoms with van der Waals surface area (Å²) in [5.41, 5.74) is 6.74. The molecular formula is C15H17N5O5. The third kappa shape index (κ3) is 3.58. The van der Waals surface area contributed by atoms with Crippen LogP contribution in [0.4, 0.5) is 5.82 Å². The van der Waals surface area contributed by atoms with Gasteiger partial charge in [-0.3, -0.25) is 14.2 Å². The van der Waals surface area contributed by atoms with Gasteiger partial charge in [-0.15, -0.1) is 0 Å². The summed E-state index contributed by atoms with van der Waals surface area (Å²) in [7, 11) is 0. The van der Waals surface area contributed by atoms with E-state index in [2.05, 4.69) is 15.0 Å². The van der Waals surface area contributed by atoms with Crippen LogP contribution in [0.25, 0.3) is 11.2 Å². The number of carbonyl (C=O) groups excluding carboxylic acids is 2. The van der Waals surface area contributed by atoms with Gasteiger partial charge in [0.15, 0.2) is 17.7 Å². The lowest BCUT2D eigenvalue weighted by Crippen LogP contribution is -2.40. The molecule has 0 fully saturated rings. The normalized spacial score (nSPS) is 22.7. The molecule has 1 aliphatic heterocycles. The molecule has 0 saturated carbocycles. The van der Waals surface area contributed by atoms with Crippen LogP contribution in [0.15, 0.2) is 24.8 Å². The molecule has 0 amide bonds. The Labute approximate surface area is 142 Å². The molecule has 132 valence electrons. The van der Waals surface area contributed by atoms with Crippen LogP contribution in [-0.2, 0) is 23.8 Å². The fourth-order valence-corrected chi connectivity index (χ4v) is 2.49. The van der Waals surface area contributed by atoms with Crippen molar-refractivity contribution in [2.24, 2.45) is 0 Å². The minimum Gasteiger partial charge on any atom is -0.463 e. The van der Waals surface area contributed by atoms with Gasteiger partial charge in [0, 0.05) is 13.8 Å². The van der Waals surface area contributed by atoms with Gasteiger partial charge < -0.3 is 19.9 Å². The quantitative estimate of drug-likeness (QED) is 0.615. The number of nitrogens with zero attached hydrogens (tertiary/aromatic N) is 4. The smallest absolute Gasteiger partial charge is 0.303 e. The summed E-state index contributed by atoms with van der Waals surface area (Å²) in [6.45, 7) is 2.53. The number of aromatic nitrogens is 4. The van der Waals surface area contributed by atoms with E-state index in [1.807, 2.05) is 0 Å². The van der Waals surface area contributed by atoms with Gasteiger partial charge in [0.2, 0.25) is 0 Å². The summed E-state index contributed by atoms with van der Waals surface area (Å²) in [6, 6.07) is 0. The van der Waals surface area contributed by atoms with Crippen molar-refractivity contribution in [3.63, 3.8) is 0 Å². The highest BCUT2D eigenvalue weighted by Gasteiger charge is 2.32. The number of anilines is 1. The van der Waals surface area contributed by atoms with Crippen LogP contribution in [-0.4, -0.2) is 50.3 Å². The average molecular weight is 347 g/mol. The highest BCUT2D eigenvalue weighted by molar-refractivity contribution is 5.81. The zero-order valence-electron chi connectivity index (χ0n) is 13.7. The highest BCUT2D eigenvalue weighted by atomic mass is 16.6. The Kier molecular flexibility index (Phi) is 4.61. The van der Waals surface area contributed by atoms with Crippen molar-refractivity contribution in [1.29, 1.82) is 0 Å². The zero-order chi connectivity index (χ0) is 18.0. The Morgan fingerprint density at radius 2 is 2.04 bits per heavy atom. The number of imidazole rings is 1. The number of nitrogens with two attached hydrogens (primary N) is 1. The molecule has 2 aromatic heterocycles. The molecule has 0 aromatic carbocycles. The average Bonchev–Trinajstić information content (AvgIpc) is 2.99. The number of rotatable bonds is 4. The molecule has 0 aliphatic carbocycles. The van der Waals surface area contributed by atoms with Crippen molar-refractivity contribution >= 4 is 28.9 Å². The first-order valence-electron chi connectivity index (χ1n) is 7.53. The Bertz CT molecular complexity index is 833. The van der Waals surface area contributed by atoms with Crippen molar-refractivity contribution < 1.29 is 23.8 Å². The topological polar surface area (TPSA) is 131 Å². The van der Waals surface area contributed by atoms with E-state index in [1.165, 1.54) is 26.5 Å². The summed E-state index contributed by atoms with van der Waals surface area (Å²) < 4.78 is 17.8. The predicted molar refractivity (Wildman–Crippen MR) is 85.0 cm³/mol. The number of fused-ring (bicyclic) bond motifs is 1. The second-order valence-corrected chi connectivity index (χ2v) is 5.41. The van der Waals surface area contributed by atoms with E-state index in [0.717, 1.165) is 0 Å². The molecule has 1 aliphatic rings. The molecule has 0 radical (unpaired) electrons. The third-order valence-corrected chi connectivity index (χ3v) is 3.56. The monoisotopic (exact) mass is 347 g/mol. The molecule has 0 bridgehead atoms. The van der Waals surface area contributed by atoms with Crippen molar-refractivity contribution in [3.05, 3.63) is 24.8 Å². The van der Waals surface area contributed by atoms with Crippen LogP contribution in [0.2, 0.25) is 0 Å². The molecule has 3 atom stereocenters. The summed E-state index contributed by atoms with van der Waals surface area (Å²) in [6.07, 6.45) is 4.34. The molecule has 3 rings (SSSR count). The highest BCUT2D eigenvalue weighted by Crippen LogP contribution is 2.27. The van der Waals surface area contributed by atoms with Gasteiger partial charge in [0.05, 0.1) is 6.33 Å². The molecule has 0 saturated heterocycles. The molecule has 10 heteroatoms. The van der Waals surface area contributed by atoms with Crippen molar-refractivity contribution in [2.75, 3.05) is 12.3 Å². The van der Waals surface area contributed by atoms with E-state index in [0.29, 0.717) is 11.2 Å². The van der Waals surface area contributed by atoms with E-state index in [1.54, 1.807) is 16.7 Å². The number of esters is 2. The molecule has 10 nitrogen and oxygen atoms in total. The van der Waals surface area contributed by atoms with E-state index in [9.17, 15) is 9.59 Å². The maximum absolute atomic E-state index is 11.3.